The number of rotatable bonds is 3. The lowest BCUT2D eigenvalue weighted by atomic mass is 10.0. The zero-order valence-corrected chi connectivity index (χ0v) is 21.0. The van der Waals surface area contributed by atoms with Crippen molar-refractivity contribution in [1.29, 1.82) is 0 Å². The highest BCUT2D eigenvalue weighted by Crippen LogP contribution is 2.37. The van der Waals surface area contributed by atoms with E-state index in [0.29, 0.717) is 19.4 Å². The average Bonchev–Trinajstić information content (AvgIpc) is 3.26. The van der Waals surface area contributed by atoms with Gasteiger partial charge in [0.05, 0.1) is 6.04 Å². The number of nitrogens with zero attached hydrogens (tertiary/aromatic N) is 5. The molecule has 14 heteroatoms. The van der Waals surface area contributed by atoms with Crippen molar-refractivity contribution in [3.63, 3.8) is 0 Å². The molecular weight excluding hydrogens is 462 g/mol. The van der Waals surface area contributed by atoms with Crippen LogP contribution in [0.15, 0.2) is 9.41 Å². The number of amides is 4. The number of aromatic nitrogens is 2. The molecule has 1 aromatic heterocycles. The van der Waals surface area contributed by atoms with E-state index < -0.39 is 41.5 Å². The molecule has 14 nitrogen and oxygen atoms in total. The maximum Gasteiger partial charge on any atom is 0.437 e. The van der Waals surface area contributed by atoms with Crippen molar-refractivity contribution < 1.29 is 33.5 Å². The molecule has 2 saturated heterocycles. The van der Waals surface area contributed by atoms with Crippen molar-refractivity contribution in [2.45, 2.75) is 90.6 Å². The Morgan fingerprint density at radius 3 is 2.43 bits per heavy atom. The summed E-state index contributed by atoms with van der Waals surface area (Å²) >= 11 is 0. The molecule has 1 aromatic rings. The second kappa shape index (κ2) is 9.68. The predicted molar refractivity (Wildman–Crippen MR) is 120 cm³/mol. The van der Waals surface area contributed by atoms with Crippen molar-refractivity contribution >= 4 is 24.2 Å². The summed E-state index contributed by atoms with van der Waals surface area (Å²) in [5, 5.41) is 24.0. The number of fused-ring (bicyclic) bond motifs is 2. The molecule has 0 aromatic carbocycles. The Morgan fingerprint density at radius 1 is 1.14 bits per heavy atom. The summed E-state index contributed by atoms with van der Waals surface area (Å²) in [6.45, 7) is 12.2. The molecule has 4 amide bonds. The molecule has 35 heavy (non-hydrogen) atoms. The van der Waals surface area contributed by atoms with Gasteiger partial charge in [-0.05, 0) is 61.3 Å². The van der Waals surface area contributed by atoms with Crippen molar-refractivity contribution in [3.8, 4) is 0 Å². The van der Waals surface area contributed by atoms with Crippen molar-refractivity contribution in [2.75, 3.05) is 6.54 Å². The van der Waals surface area contributed by atoms with Crippen LogP contribution in [0.2, 0.25) is 0 Å². The van der Waals surface area contributed by atoms with Gasteiger partial charge in [-0.25, -0.2) is 19.4 Å². The fourth-order valence-corrected chi connectivity index (χ4v) is 3.60. The zero-order valence-electron chi connectivity index (χ0n) is 21.0. The molecule has 2 aliphatic rings. The summed E-state index contributed by atoms with van der Waals surface area (Å²) in [5.74, 6) is 0.130. The van der Waals surface area contributed by atoms with Crippen LogP contribution in [0.4, 0.5) is 14.4 Å². The minimum absolute atomic E-state index is 0.137. The maximum absolute atomic E-state index is 12.3. The maximum atomic E-state index is 12.3. The van der Waals surface area contributed by atoms with Gasteiger partial charge in [-0.15, -0.1) is 15.2 Å². The van der Waals surface area contributed by atoms with Crippen LogP contribution < -0.4 is 10.6 Å². The molecule has 0 saturated carbocycles. The molecule has 0 aliphatic carbocycles. The van der Waals surface area contributed by atoms with E-state index in [0.717, 1.165) is 5.06 Å². The SMILES string of the molecule is CC(N/C(=N\C(=O)OC(C)(C)C)NC(=O)OC(C)(C)C)c1nnc([C@@H]2CC[C@@H]3CN2C(=O)N3O)o1. The molecule has 0 spiro atoms. The number of guanidine groups is 1. The van der Waals surface area contributed by atoms with Crippen LogP contribution in [-0.4, -0.2) is 73.3 Å². The summed E-state index contributed by atoms with van der Waals surface area (Å²) < 4.78 is 16.2. The first-order valence-electron chi connectivity index (χ1n) is 11.3. The Balaban J connectivity index is 1.74. The van der Waals surface area contributed by atoms with E-state index in [4.69, 9.17) is 13.9 Å². The Labute approximate surface area is 203 Å². The van der Waals surface area contributed by atoms with Gasteiger partial charge in [0.2, 0.25) is 17.7 Å². The number of carbonyl (C=O) groups excluding carboxylic acids is 3. The molecule has 2 aliphatic heterocycles. The molecular formula is C21H33N7O7. The molecule has 1 unspecified atom stereocenters. The number of hydroxylamine groups is 2. The lowest BCUT2D eigenvalue weighted by Gasteiger charge is -2.27. The van der Waals surface area contributed by atoms with Crippen molar-refractivity contribution in [1.82, 2.24) is 30.8 Å². The summed E-state index contributed by atoms with van der Waals surface area (Å²) in [4.78, 5) is 42.1. The third-order valence-corrected chi connectivity index (χ3v) is 5.03. The number of hydrogen-bond donors (Lipinski definition) is 3. The first-order valence-corrected chi connectivity index (χ1v) is 11.3. The number of ether oxygens (including phenoxy) is 2. The third kappa shape index (κ3) is 6.81. The zero-order chi connectivity index (χ0) is 26.1. The van der Waals surface area contributed by atoms with E-state index >= 15 is 0 Å². The molecule has 3 rings (SSSR count). The summed E-state index contributed by atoms with van der Waals surface area (Å²) in [6.07, 6.45) is -0.597. The second-order valence-corrected chi connectivity index (χ2v) is 10.4. The highest BCUT2D eigenvalue weighted by atomic mass is 16.6. The summed E-state index contributed by atoms with van der Waals surface area (Å²) in [5.41, 5.74) is -1.56. The van der Waals surface area contributed by atoms with E-state index in [1.165, 1.54) is 4.90 Å². The lowest BCUT2D eigenvalue weighted by Crippen LogP contribution is -2.45. The van der Waals surface area contributed by atoms with Gasteiger partial charge in [-0.2, -0.15) is 0 Å². The van der Waals surface area contributed by atoms with E-state index in [9.17, 15) is 19.6 Å². The standard InChI is InChI=1S/C21H33N7O7/c1-11(14-25-26-15(33-14)13-9-8-12-10-27(13)19(31)28(12)32)22-16(23-17(29)34-20(2,3)4)24-18(30)35-21(5,6)7/h11-13,32H,8-10H2,1-7H3,(H2,22,23,24,29,30)/t11?,12-,13+/m1/s1. The van der Waals surface area contributed by atoms with Crippen LogP contribution in [0, 0.1) is 0 Å². The van der Waals surface area contributed by atoms with Crippen LogP contribution >= 0.6 is 0 Å². The number of alkyl carbamates (subject to hydrolysis) is 1. The largest absolute Gasteiger partial charge is 0.444 e. The third-order valence-electron chi connectivity index (χ3n) is 5.03. The van der Waals surface area contributed by atoms with Crippen LogP contribution in [0.25, 0.3) is 0 Å². The molecule has 0 radical (unpaired) electrons. The number of carbonyl (C=O) groups is 3. The van der Waals surface area contributed by atoms with Gasteiger partial charge < -0.3 is 24.1 Å². The van der Waals surface area contributed by atoms with Gasteiger partial charge in [0.25, 0.3) is 0 Å². The Morgan fingerprint density at radius 2 is 1.80 bits per heavy atom. The van der Waals surface area contributed by atoms with Crippen LogP contribution in [0.1, 0.15) is 85.2 Å². The van der Waals surface area contributed by atoms with Gasteiger partial charge in [0.1, 0.15) is 23.3 Å². The Kier molecular flexibility index (Phi) is 7.24. The Bertz CT molecular complexity index is 995. The minimum Gasteiger partial charge on any atom is -0.444 e. The quantitative estimate of drug-likeness (QED) is 0.321. The highest BCUT2D eigenvalue weighted by molar-refractivity contribution is 5.99. The minimum atomic E-state index is -0.924. The number of urea groups is 1. The first kappa shape index (κ1) is 26.2. The fraction of sp³-hybridized carbons (Fsp3) is 0.714. The van der Waals surface area contributed by atoms with E-state index in [1.807, 2.05) is 0 Å². The number of aliphatic imine (C=N–C) groups is 1. The van der Waals surface area contributed by atoms with Gasteiger partial charge in [-0.3, -0.25) is 10.5 Å². The molecule has 3 atom stereocenters. The lowest BCUT2D eigenvalue weighted by molar-refractivity contribution is -0.0584. The highest BCUT2D eigenvalue weighted by Gasteiger charge is 2.46. The second-order valence-electron chi connectivity index (χ2n) is 10.4. The number of piperidine rings is 1. The van der Waals surface area contributed by atoms with Gasteiger partial charge in [0.15, 0.2) is 0 Å². The summed E-state index contributed by atoms with van der Waals surface area (Å²) in [7, 11) is 0. The van der Waals surface area contributed by atoms with Crippen LogP contribution in [-0.2, 0) is 9.47 Å². The van der Waals surface area contributed by atoms with E-state index in [-0.39, 0.29) is 23.8 Å². The van der Waals surface area contributed by atoms with E-state index in [2.05, 4.69) is 25.8 Å². The van der Waals surface area contributed by atoms with Gasteiger partial charge >= 0.3 is 18.2 Å². The van der Waals surface area contributed by atoms with Crippen LogP contribution in [0.5, 0.6) is 0 Å². The van der Waals surface area contributed by atoms with Crippen LogP contribution in [0.3, 0.4) is 0 Å². The number of hydrogen-bond acceptors (Lipinski definition) is 9. The molecule has 3 N–H and O–H groups in total. The summed E-state index contributed by atoms with van der Waals surface area (Å²) in [6, 6.07) is -1.89. The smallest absolute Gasteiger partial charge is 0.437 e. The number of nitrogens with one attached hydrogen (secondary N) is 2. The normalized spacial score (nSPS) is 21.6. The molecule has 194 valence electrons. The van der Waals surface area contributed by atoms with Gasteiger partial charge in [-0.1, -0.05) is 0 Å². The average molecular weight is 496 g/mol. The van der Waals surface area contributed by atoms with Gasteiger partial charge in [0, 0.05) is 6.54 Å². The van der Waals surface area contributed by atoms with Crippen molar-refractivity contribution in [3.05, 3.63) is 11.8 Å². The first-order chi connectivity index (χ1) is 16.1. The topological polar surface area (TPSA) is 172 Å². The van der Waals surface area contributed by atoms with Crippen molar-refractivity contribution in [2.24, 2.45) is 4.99 Å². The van der Waals surface area contributed by atoms with E-state index in [1.54, 1.807) is 48.5 Å². The molecule has 2 fully saturated rings. The molecule has 2 bridgehead atoms. The Hall–Kier alpha value is -3.42. The molecule has 3 heterocycles. The fourth-order valence-electron chi connectivity index (χ4n) is 3.60. The predicted octanol–water partition coefficient (Wildman–Crippen LogP) is 2.87. The monoisotopic (exact) mass is 495 g/mol.